The minimum absolute atomic E-state index is 0.0247. The van der Waals surface area contributed by atoms with E-state index in [1.54, 1.807) is 23.1 Å². The first-order valence-corrected chi connectivity index (χ1v) is 12.9. The molecule has 8 heteroatoms. The summed E-state index contributed by atoms with van der Waals surface area (Å²) in [6, 6.07) is 12.2. The fourth-order valence-electron chi connectivity index (χ4n) is 3.13. The third-order valence-corrected chi connectivity index (χ3v) is 7.13. The van der Waals surface area contributed by atoms with Crippen LogP contribution in [0.4, 0.5) is 0 Å². The van der Waals surface area contributed by atoms with E-state index in [-0.39, 0.29) is 30.2 Å². The minimum atomic E-state index is -0.611. The second kappa shape index (κ2) is 13.3. The summed E-state index contributed by atoms with van der Waals surface area (Å²) in [5.41, 5.74) is 1.72. The standard InChI is InChI=1S/C24H29Cl3N2O2S/c1-4-16(3)28-24(31)22(5-2)29(13-19-20(26)7-6-8-21(19)27)23(30)15-32-14-17-9-11-18(25)12-10-17/h6-12,16,22H,4-5,13-15H2,1-3H3,(H,28,31)/t16-,22-/m1/s1. The van der Waals surface area contributed by atoms with Gasteiger partial charge < -0.3 is 10.2 Å². The Morgan fingerprint density at radius 1 is 1.00 bits per heavy atom. The minimum Gasteiger partial charge on any atom is -0.352 e. The summed E-state index contributed by atoms with van der Waals surface area (Å²) in [5.74, 6) is 0.601. The van der Waals surface area contributed by atoms with Gasteiger partial charge in [0.15, 0.2) is 0 Å². The predicted octanol–water partition coefficient (Wildman–Crippen LogP) is 6.60. The first-order chi connectivity index (χ1) is 15.3. The Hall–Kier alpha value is -1.40. The quantitative estimate of drug-likeness (QED) is 0.367. The van der Waals surface area contributed by atoms with Crippen molar-refractivity contribution in [1.82, 2.24) is 10.2 Å². The number of nitrogens with one attached hydrogen (secondary N) is 1. The molecule has 2 aromatic carbocycles. The molecule has 0 saturated heterocycles. The number of hydrogen-bond acceptors (Lipinski definition) is 3. The molecular weight excluding hydrogens is 487 g/mol. The van der Waals surface area contributed by atoms with Crippen LogP contribution in [-0.4, -0.2) is 34.6 Å². The lowest BCUT2D eigenvalue weighted by Crippen LogP contribution is -2.51. The topological polar surface area (TPSA) is 49.4 Å². The van der Waals surface area contributed by atoms with Gasteiger partial charge in [-0.05, 0) is 49.6 Å². The molecule has 32 heavy (non-hydrogen) atoms. The van der Waals surface area contributed by atoms with Crippen molar-refractivity contribution in [2.45, 2.75) is 58.0 Å². The second-order valence-electron chi connectivity index (χ2n) is 7.58. The lowest BCUT2D eigenvalue weighted by Gasteiger charge is -2.32. The summed E-state index contributed by atoms with van der Waals surface area (Å²) in [7, 11) is 0. The first-order valence-electron chi connectivity index (χ1n) is 10.6. The van der Waals surface area contributed by atoms with Crippen LogP contribution in [0.25, 0.3) is 0 Å². The van der Waals surface area contributed by atoms with Crippen molar-refractivity contribution in [3.63, 3.8) is 0 Å². The normalized spacial score (nSPS) is 12.8. The lowest BCUT2D eigenvalue weighted by atomic mass is 10.1. The van der Waals surface area contributed by atoms with Gasteiger partial charge in [0.25, 0.3) is 0 Å². The molecule has 0 spiro atoms. The number of amides is 2. The monoisotopic (exact) mass is 514 g/mol. The first kappa shape index (κ1) is 26.8. The third kappa shape index (κ3) is 7.87. The second-order valence-corrected chi connectivity index (χ2v) is 9.82. The average molecular weight is 516 g/mol. The van der Waals surface area contributed by atoms with Crippen molar-refractivity contribution in [3.05, 3.63) is 68.7 Å². The molecule has 2 atom stereocenters. The van der Waals surface area contributed by atoms with E-state index >= 15 is 0 Å². The van der Waals surface area contributed by atoms with Gasteiger partial charge >= 0.3 is 0 Å². The van der Waals surface area contributed by atoms with E-state index in [4.69, 9.17) is 34.8 Å². The molecule has 0 unspecified atom stereocenters. The largest absolute Gasteiger partial charge is 0.352 e. The molecule has 0 aliphatic rings. The van der Waals surface area contributed by atoms with Crippen LogP contribution in [0.2, 0.25) is 15.1 Å². The van der Waals surface area contributed by atoms with Crippen molar-refractivity contribution in [1.29, 1.82) is 0 Å². The van der Waals surface area contributed by atoms with Crippen LogP contribution in [0.15, 0.2) is 42.5 Å². The maximum Gasteiger partial charge on any atom is 0.243 e. The van der Waals surface area contributed by atoms with Gasteiger partial charge in [-0.2, -0.15) is 0 Å². The molecule has 2 rings (SSSR count). The van der Waals surface area contributed by atoms with Crippen LogP contribution in [0.3, 0.4) is 0 Å². The summed E-state index contributed by atoms with van der Waals surface area (Å²) in [4.78, 5) is 27.9. The van der Waals surface area contributed by atoms with Crippen molar-refractivity contribution < 1.29 is 9.59 Å². The van der Waals surface area contributed by atoms with Crippen molar-refractivity contribution in [2.24, 2.45) is 0 Å². The van der Waals surface area contributed by atoms with Gasteiger partial charge in [-0.1, -0.05) is 66.8 Å². The van der Waals surface area contributed by atoms with Crippen molar-refractivity contribution in [3.8, 4) is 0 Å². The number of nitrogens with zero attached hydrogens (tertiary/aromatic N) is 1. The molecule has 4 nitrogen and oxygen atoms in total. The smallest absolute Gasteiger partial charge is 0.243 e. The van der Waals surface area contributed by atoms with Crippen LogP contribution in [-0.2, 0) is 21.9 Å². The highest BCUT2D eigenvalue weighted by atomic mass is 35.5. The molecule has 0 aliphatic heterocycles. The summed E-state index contributed by atoms with van der Waals surface area (Å²) in [5, 5.41) is 4.62. The number of halogens is 3. The number of rotatable bonds is 11. The zero-order valence-corrected chi connectivity index (χ0v) is 21.6. The van der Waals surface area contributed by atoms with Crippen LogP contribution in [0, 0.1) is 0 Å². The van der Waals surface area contributed by atoms with Gasteiger partial charge in [-0.25, -0.2) is 0 Å². The summed E-state index contributed by atoms with van der Waals surface area (Å²) < 4.78 is 0. The zero-order chi connectivity index (χ0) is 23.7. The molecule has 0 aromatic heterocycles. The number of benzene rings is 2. The van der Waals surface area contributed by atoms with E-state index in [1.807, 2.05) is 45.0 Å². The summed E-state index contributed by atoms with van der Waals surface area (Å²) in [6.45, 7) is 6.02. The fourth-order valence-corrected chi connectivity index (χ4v) is 4.65. The van der Waals surface area contributed by atoms with Gasteiger partial charge in [0.2, 0.25) is 11.8 Å². The van der Waals surface area contributed by atoms with Crippen LogP contribution >= 0.6 is 46.6 Å². The molecule has 2 aromatic rings. The summed E-state index contributed by atoms with van der Waals surface area (Å²) >= 11 is 20.2. The van der Waals surface area contributed by atoms with Crippen molar-refractivity contribution >= 4 is 58.4 Å². The molecule has 0 fully saturated rings. The fraction of sp³-hybridized carbons (Fsp3) is 0.417. The molecule has 2 amide bonds. The average Bonchev–Trinajstić information content (AvgIpc) is 2.76. The highest BCUT2D eigenvalue weighted by molar-refractivity contribution is 7.99. The van der Waals surface area contributed by atoms with Gasteiger partial charge in [-0.15, -0.1) is 11.8 Å². The van der Waals surface area contributed by atoms with Crippen LogP contribution in [0.1, 0.15) is 44.7 Å². The third-order valence-electron chi connectivity index (χ3n) is 5.18. The Kier molecular flexibility index (Phi) is 11.2. The molecule has 174 valence electrons. The maximum atomic E-state index is 13.3. The Balaban J connectivity index is 2.20. The van der Waals surface area contributed by atoms with E-state index < -0.39 is 6.04 Å². The SMILES string of the molecule is CC[C@@H](C)NC(=O)[C@@H](CC)N(Cc1c(Cl)cccc1Cl)C(=O)CSCc1ccc(Cl)cc1. The van der Waals surface area contributed by atoms with Gasteiger partial charge in [0, 0.05) is 39.0 Å². The maximum absolute atomic E-state index is 13.3. The van der Waals surface area contributed by atoms with Crippen LogP contribution in [0.5, 0.6) is 0 Å². The van der Waals surface area contributed by atoms with E-state index in [9.17, 15) is 9.59 Å². The van der Waals surface area contributed by atoms with Gasteiger partial charge in [-0.3, -0.25) is 9.59 Å². The molecule has 0 bridgehead atoms. The molecule has 0 saturated carbocycles. The van der Waals surface area contributed by atoms with E-state index in [0.29, 0.717) is 32.8 Å². The molecular formula is C24H29Cl3N2O2S. The predicted molar refractivity (Wildman–Crippen MR) is 137 cm³/mol. The highest BCUT2D eigenvalue weighted by Crippen LogP contribution is 2.27. The Labute approximate surface area is 210 Å². The molecule has 0 aliphatic carbocycles. The number of thioether (sulfide) groups is 1. The van der Waals surface area contributed by atoms with Crippen molar-refractivity contribution in [2.75, 3.05) is 5.75 Å². The molecule has 1 N–H and O–H groups in total. The Morgan fingerprint density at radius 3 is 2.19 bits per heavy atom. The summed E-state index contributed by atoms with van der Waals surface area (Å²) in [6.07, 6.45) is 1.29. The van der Waals surface area contributed by atoms with E-state index in [0.717, 1.165) is 12.0 Å². The Bertz CT molecular complexity index is 888. The van der Waals surface area contributed by atoms with Gasteiger partial charge in [0.1, 0.15) is 6.04 Å². The lowest BCUT2D eigenvalue weighted by molar-refractivity contribution is -0.139. The number of hydrogen-bond donors (Lipinski definition) is 1. The molecule has 0 radical (unpaired) electrons. The Morgan fingerprint density at radius 2 is 1.62 bits per heavy atom. The van der Waals surface area contributed by atoms with E-state index in [1.165, 1.54) is 11.8 Å². The van der Waals surface area contributed by atoms with Crippen LogP contribution < -0.4 is 5.32 Å². The van der Waals surface area contributed by atoms with Gasteiger partial charge in [0.05, 0.1) is 5.75 Å². The zero-order valence-electron chi connectivity index (χ0n) is 18.5. The number of carbonyl (C=O) groups is 2. The number of carbonyl (C=O) groups excluding carboxylic acids is 2. The van der Waals surface area contributed by atoms with E-state index in [2.05, 4.69) is 5.32 Å². The highest BCUT2D eigenvalue weighted by Gasteiger charge is 2.30. The molecule has 0 heterocycles.